The van der Waals surface area contributed by atoms with E-state index >= 15 is 0 Å². The van der Waals surface area contributed by atoms with E-state index in [9.17, 15) is 22.8 Å². The smallest absolute Gasteiger partial charge is 0.416 e. The molecule has 0 aliphatic rings. The van der Waals surface area contributed by atoms with Crippen molar-refractivity contribution in [2.24, 2.45) is 5.10 Å². The number of nitrogens with one attached hydrogen (secondary N) is 2. The Kier molecular flexibility index (Phi) is 8.88. The van der Waals surface area contributed by atoms with Crippen LogP contribution in [0.2, 0.25) is 0 Å². The van der Waals surface area contributed by atoms with Crippen LogP contribution >= 0.6 is 0 Å². The minimum absolute atomic E-state index is 0.0222. The van der Waals surface area contributed by atoms with Crippen molar-refractivity contribution in [2.45, 2.75) is 6.18 Å². The van der Waals surface area contributed by atoms with Crippen LogP contribution in [-0.2, 0) is 6.18 Å². The molecule has 4 aromatic rings. The van der Waals surface area contributed by atoms with Crippen molar-refractivity contribution >= 4 is 23.7 Å². The topological polar surface area (TPSA) is 98.2 Å². The maximum absolute atomic E-state index is 13.0. The zero-order valence-corrected chi connectivity index (χ0v) is 21.9. The number of rotatable bonds is 9. The van der Waals surface area contributed by atoms with Crippen LogP contribution in [0.25, 0.3) is 0 Å². The SMILES string of the molecule is COc1ccc(C(=O)Nc2ccccc2C(=O)NN=Cc2cccc(Oc3cccc(C(F)(F)F)c3)c2)cc1OC. The number of hydrogen-bond donors (Lipinski definition) is 2. The summed E-state index contributed by atoms with van der Waals surface area (Å²) in [5, 5.41) is 6.67. The van der Waals surface area contributed by atoms with Crippen LogP contribution in [0.15, 0.2) is 96.1 Å². The van der Waals surface area contributed by atoms with Gasteiger partial charge in [0.25, 0.3) is 11.8 Å². The number of methoxy groups -OCH3 is 2. The van der Waals surface area contributed by atoms with E-state index in [1.807, 2.05) is 0 Å². The number of hydrazone groups is 1. The van der Waals surface area contributed by atoms with Crippen LogP contribution in [0.3, 0.4) is 0 Å². The van der Waals surface area contributed by atoms with Crippen molar-refractivity contribution in [1.82, 2.24) is 5.43 Å². The molecule has 0 spiro atoms. The van der Waals surface area contributed by atoms with Gasteiger partial charge in [0.15, 0.2) is 11.5 Å². The van der Waals surface area contributed by atoms with Crippen molar-refractivity contribution < 1.29 is 37.0 Å². The second-order valence-electron chi connectivity index (χ2n) is 8.47. The van der Waals surface area contributed by atoms with E-state index in [4.69, 9.17) is 14.2 Å². The molecule has 210 valence electrons. The summed E-state index contributed by atoms with van der Waals surface area (Å²) in [5.41, 5.74) is 2.82. The molecule has 0 atom stereocenters. The minimum Gasteiger partial charge on any atom is -0.493 e. The Bertz CT molecular complexity index is 1590. The third-order valence-electron chi connectivity index (χ3n) is 5.70. The van der Waals surface area contributed by atoms with Gasteiger partial charge in [-0.1, -0.05) is 30.3 Å². The first-order chi connectivity index (χ1) is 19.7. The van der Waals surface area contributed by atoms with E-state index in [-0.39, 0.29) is 22.7 Å². The van der Waals surface area contributed by atoms with E-state index < -0.39 is 23.6 Å². The maximum Gasteiger partial charge on any atom is 0.416 e. The number of hydrogen-bond acceptors (Lipinski definition) is 6. The lowest BCUT2D eigenvalue weighted by molar-refractivity contribution is -0.137. The molecular formula is C30H24F3N3O5. The van der Waals surface area contributed by atoms with Gasteiger partial charge < -0.3 is 19.5 Å². The lowest BCUT2D eigenvalue weighted by atomic mass is 10.1. The first-order valence-corrected chi connectivity index (χ1v) is 12.1. The number of ether oxygens (including phenoxy) is 3. The van der Waals surface area contributed by atoms with Gasteiger partial charge in [0.1, 0.15) is 11.5 Å². The molecule has 0 aliphatic heterocycles. The van der Waals surface area contributed by atoms with Gasteiger partial charge in [-0.15, -0.1) is 0 Å². The third kappa shape index (κ3) is 7.41. The van der Waals surface area contributed by atoms with Crippen LogP contribution in [0.1, 0.15) is 31.8 Å². The highest BCUT2D eigenvalue weighted by atomic mass is 19.4. The number of halogens is 3. The fraction of sp³-hybridized carbons (Fsp3) is 0.100. The minimum atomic E-state index is -4.49. The van der Waals surface area contributed by atoms with Crippen LogP contribution in [0.5, 0.6) is 23.0 Å². The Balaban J connectivity index is 1.42. The van der Waals surface area contributed by atoms with E-state index in [0.29, 0.717) is 22.6 Å². The number of carbonyl (C=O) groups excluding carboxylic acids is 2. The summed E-state index contributed by atoms with van der Waals surface area (Å²) in [4.78, 5) is 25.7. The summed E-state index contributed by atoms with van der Waals surface area (Å²) in [5.74, 6) is 0.101. The third-order valence-corrected chi connectivity index (χ3v) is 5.70. The highest BCUT2D eigenvalue weighted by molar-refractivity contribution is 6.09. The van der Waals surface area contributed by atoms with Gasteiger partial charge in [-0.3, -0.25) is 9.59 Å². The van der Waals surface area contributed by atoms with Crippen molar-refractivity contribution in [1.29, 1.82) is 0 Å². The molecule has 41 heavy (non-hydrogen) atoms. The molecule has 2 amide bonds. The molecule has 0 saturated carbocycles. The van der Waals surface area contributed by atoms with Crippen LogP contribution in [-0.4, -0.2) is 32.2 Å². The molecule has 0 fully saturated rings. The molecule has 0 radical (unpaired) electrons. The normalized spacial score (nSPS) is 11.1. The monoisotopic (exact) mass is 563 g/mol. The molecule has 8 nitrogen and oxygen atoms in total. The zero-order valence-electron chi connectivity index (χ0n) is 21.9. The first kappa shape index (κ1) is 28.7. The average molecular weight is 564 g/mol. The first-order valence-electron chi connectivity index (χ1n) is 12.1. The van der Waals surface area contributed by atoms with Gasteiger partial charge in [-0.25, -0.2) is 5.43 Å². The molecule has 0 bridgehead atoms. The van der Waals surface area contributed by atoms with Gasteiger partial charge in [0.05, 0.1) is 37.2 Å². The number of alkyl halides is 3. The standard InChI is InChI=1S/C30H24F3N3O5/c1-39-26-14-13-20(16-27(26)40-2)28(37)35-25-12-4-3-11-24(25)29(38)36-34-18-19-7-5-9-22(15-19)41-23-10-6-8-21(17-23)30(31,32)33/h3-18H,1-2H3,(H,35,37)(H,36,38). The number of para-hydroxylation sites is 1. The maximum atomic E-state index is 13.0. The van der Waals surface area contributed by atoms with Crippen molar-refractivity contribution in [2.75, 3.05) is 19.5 Å². The molecular weight excluding hydrogens is 539 g/mol. The van der Waals surface area contributed by atoms with Crippen LogP contribution < -0.4 is 25.0 Å². The van der Waals surface area contributed by atoms with Gasteiger partial charge in [0.2, 0.25) is 0 Å². The summed E-state index contributed by atoms with van der Waals surface area (Å²) in [6.07, 6.45) is -3.14. The number of nitrogens with zero attached hydrogens (tertiary/aromatic N) is 1. The molecule has 0 saturated heterocycles. The Morgan fingerprint density at radius 3 is 2.22 bits per heavy atom. The summed E-state index contributed by atoms with van der Waals surface area (Å²) < 4.78 is 54.9. The molecule has 11 heteroatoms. The quantitative estimate of drug-likeness (QED) is 0.178. The van der Waals surface area contributed by atoms with Crippen LogP contribution in [0.4, 0.5) is 18.9 Å². The molecule has 4 aromatic carbocycles. The lowest BCUT2D eigenvalue weighted by Gasteiger charge is -2.12. The predicted molar refractivity (Wildman–Crippen MR) is 147 cm³/mol. The van der Waals surface area contributed by atoms with E-state index in [1.165, 1.54) is 44.7 Å². The second-order valence-corrected chi connectivity index (χ2v) is 8.47. The Morgan fingerprint density at radius 2 is 1.49 bits per heavy atom. The molecule has 2 N–H and O–H groups in total. The zero-order chi connectivity index (χ0) is 29.4. The summed E-state index contributed by atoms with van der Waals surface area (Å²) in [7, 11) is 2.94. The molecule has 0 unspecified atom stereocenters. The molecule has 0 heterocycles. The summed E-state index contributed by atoms with van der Waals surface area (Å²) in [6.45, 7) is 0. The van der Waals surface area contributed by atoms with Crippen molar-refractivity contribution in [3.63, 3.8) is 0 Å². The van der Waals surface area contributed by atoms with E-state index in [0.717, 1.165) is 12.1 Å². The van der Waals surface area contributed by atoms with Crippen LogP contribution in [0, 0.1) is 0 Å². The number of carbonyl (C=O) groups is 2. The van der Waals surface area contributed by atoms with E-state index in [2.05, 4.69) is 15.8 Å². The number of anilines is 1. The number of benzene rings is 4. The summed E-state index contributed by atoms with van der Waals surface area (Å²) >= 11 is 0. The molecule has 0 aromatic heterocycles. The van der Waals surface area contributed by atoms with Crippen molar-refractivity contribution in [3.05, 3.63) is 113 Å². The Labute approximate surface area is 233 Å². The largest absolute Gasteiger partial charge is 0.493 e. The predicted octanol–water partition coefficient (Wildman–Crippen LogP) is 6.53. The summed E-state index contributed by atoms with van der Waals surface area (Å²) in [6, 6.07) is 22.1. The Morgan fingerprint density at radius 1 is 0.780 bits per heavy atom. The lowest BCUT2D eigenvalue weighted by Crippen LogP contribution is -2.21. The average Bonchev–Trinajstić information content (AvgIpc) is 2.97. The second kappa shape index (κ2) is 12.7. The van der Waals surface area contributed by atoms with Gasteiger partial charge in [-0.2, -0.15) is 18.3 Å². The van der Waals surface area contributed by atoms with Gasteiger partial charge in [-0.05, 0) is 66.2 Å². The fourth-order valence-corrected chi connectivity index (χ4v) is 3.72. The van der Waals surface area contributed by atoms with Gasteiger partial charge >= 0.3 is 6.18 Å². The highest BCUT2D eigenvalue weighted by Gasteiger charge is 2.30. The Hall–Kier alpha value is -5.32. The van der Waals surface area contributed by atoms with Gasteiger partial charge in [0, 0.05) is 5.56 Å². The molecule has 0 aliphatic carbocycles. The number of amides is 2. The highest BCUT2D eigenvalue weighted by Crippen LogP contribution is 2.33. The van der Waals surface area contributed by atoms with Crippen molar-refractivity contribution in [3.8, 4) is 23.0 Å². The fourth-order valence-electron chi connectivity index (χ4n) is 3.72. The van der Waals surface area contributed by atoms with E-state index in [1.54, 1.807) is 54.6 Å². The molecule has 4 rings (SSSR count).